The van der Waals surface area contributed by atoms with Gasteiger partial charge in [0.15, 0.2) is 6.10 Å². The maximum atomic E-state index is 11.7. The van der Waals surface area contributed by atoms with Gasteiger partial charge in [-0.25, -0.2) is 4.79 Å². The lowest BCUT2D eigenvalue weighted by atomic mass is 10.0. The molecule has 0 fully saturated rings. The van der Waals surface area contributed by atoms with Gasteiger partial charge in [-0.1, -0.05) is 97.1 Å². The molecule has 38 heavy (non-hydrogen) atoms. The van der Waals surface area contributed by atoms with E-state index >= 15 is 0 Å². The lowest BCUT2D eigenvalue weighted by Gasteiger charge is -2.14. The second-order valence-corrected chi connectivity index (χ2v) is 9.28. The number of carboxylic acid groups (broad SMARTS) is 1. The Morgan fingerprint density at radius 3 is 2.08 bits per heavy atom. The second kappa shape index (κ2) is 14.0. The van der Waals surface area contributed by atoms with Crippen molar-refractivity contribution in [2.24, 2.45) is 0 Å². The van der Waals surface area contributed by atoms with Crippen molar-refractivity contribution in [1.29, 1.82) is 0 Å². The van der Waals surface area contributed by atoms with Crippen molar-refractivity contribution in [1.82, 2.24) is 0 Å². The lowest BCUT2D eigenvalue weighted by Crippen LogP contribution is -2.27. The van der Waals surface area contributed by atoms with Crippen LogP contribution in [0.2, 0.25) is 0 Å². The fraction of sp³-hybridized carbons (Fsp3) is 0.206. The van der Waals surface area contributed by atoms with Gasteiger partial charge in [-0.05, 0) is 71.4 Å². The Morgan fingerprint density at radius 2 is 1.42 bits per heavy atom. The third-order valence-electron chi connectivity index (χ3n) is 6.48. The third-order valence-corrected chi connectivity index (χ3v) is 6.48. The zero-order chi connectivity index (χ0) is 26.6. The number of carboxylic acids is 1. The minimum absolute atomic E-state index is 0.318. The Hall–Kier alpha value is -4.15. The largest absolute Gasteiger partial charge is 0.490 e. The van der Waals surface area contributed by atoms with Crippen molar-refractivity contribution < 1.29 is 19.4 Å². The van der Waals surface area contributed by atoms with Crippen molar-refractivity contribution in [2.75, 3.05) is 13.2 Å². The molecule has 4 rings (SSSR count). The van der Waals surface area contributed by atoms with Gasteiger partial charge in [-0.2, -0.15) is 0 Å². The van der Waals surface area contributed by atoms with Crippen LogP contribution < -0.4 is 4.74 Å². The van der Waals surface area contributed by atoms with Gasteiger partial charge in [0, 0.05) is 13.0 Å². The van der Waals surface area contributed by atoms with E-state index in [1.54, 1.807) is 0 Å². The summed E-state index contributed by atoms with van der Waals surface area (Å²) in [6, 6.07) is 36.6. The van der Waals surface area contributed by atoms with Crippen LogP contribution in [0.25, 0.3) is 16.7 Å². The first-order chi connectivity index (χ1) is 18.6. The number of allylic oxidation sites excluding steroid dienone is 1. The zero-order valence-corrected chi connectivity index (χ0v) is 21.8. The van der Waals surface area contributed by atoms with Crippen molar-refractivity contribution >= 4 is 11.5 Å². The molecular formula is C34H34O4. The molecule has 4 aromatic rings. The van der Waals surface area contributed by atoms with E-state index < -0.39 is 12.1 Å². The smallest absolute Gasteiger partial charge is 0.333 e. The molecule has 0 aliphatic heterocycles. The van der Waals surface area contributed by atoms with Crippen molar-refractivity contribution in [3.05, 3.63) is 132 Å². The van der Waals surface area contributed by atoms with Gasteiger partial charge in [-0.15, -0.1) is 0 Å². The van der Waals surface area contributed by atoms with Gasteiger partial charge in [0.2, 0.25) is 0 Å². The van der Waals surface area contributed by atoms with E-state index in [2.05, 4.69) is 61.5 Å². The Morgan fingerprint density at radius 1 is 0.789 bits per heavy atom. The van der Waals surface area contributed by atoms with E-state index in [1.165, 1.54) is 16.7 Å². The minimum Gasteiger partial charge on any atom is -0.490 e. The van der Waals surface area contributed by atoms with Crippen LogP contribution >= 0.6 is 0 Å². The van der Waals surface area contributed by atoms with E-state index in [9.17, 15) is 9.90 Å². The molecule has 0 spiro atoms. The molecule has 0 bridgehead atoms. The molecule has 1 N–H and O–H groups in total. The van der Waals surface area contributed by atoms with Crippen molar-refractivity contribution in [2.45, 2.75) is 32.3 Å². The third kappa shape index (κ3) is 8.19. The van der Waals surface area contributed by atoms with Crippen LogP contribution in [0.5, 0.6) is 5.75 Å². The maximum absolute atomic E-state index is 11.7. The molecule has 0 aliphatic carbocycles. The van der Waals surface area contributed by atoms with Crippen molar-refractivity contribution in [3.63, 3.8) is 0 Å². The monoisotopic (exact) mass is 506 g/mol. The number of hydrogen-bond acceptors (Lipinski definition) is 3. The predicted molar refractivity (Wildman–Crippen MR) is 153 cm³/mol. The highest BCUT2D eigenvalue weighted by atomic mass is 16.5. The molecule has 4 nitrogen and oxygen atoms in total. The lowest BCUT2D eigenvalue weighted by molar-refractivity contribution is -0.150. The standard InChI is InChI=1S/C34H34O4/c1-26(29-16-18-31(19-17-29)30-12-6-3-7-13-30)22-24-37-32-20-14-28(15-21-32)25-33(34(35)36)38-23-8-11-27-9-4-2-5-10-27/h2-7,9-10,12-22,33H,8,11,23-25H2,1H3,(H,35,36). The number of aryl methyl sites for hydroxylation is 1. The highest BCUT2D eigenvalue weighted by Gasteiger charge is 2.18. The first kappa shape index (κ1) is 26.9. The molecule has 4 aromatic carbocycles. The molecule has 4 heteroatoms. The fourth-order valence-corrected chi connectivity index (χ4v) is 4.24. The van der Waals surface area contributed by atoms with Gasteiger partial charge in [0.25, 0.3) is 0 Å². The van der Waals surface area contributed by atoms with Crippen LogP contribution in [0.15, 0.2) is 115 Å². The fourth-order valence-electron chi connectivity index (χ4n) is 4.24. The number of aliphatic carboxylic acids is 1. The van der Waals surface area contributed by atoms with Crippen LogP contribution in [0.4, 0.5) is 0 Å². The van der Waals surface area contributed by atoms with Crippen LogP contribution in [-0.4, -0.2) is 30.4 Å². The summed E-state index contributed by atoms with van der Waals surface area (Å²) in [5.74, 6) is -0.199. The topological polar surface area (TPSA) is 55.8 Å². The molecule has 0 aliphatic rings. The predicted octanol–water partition coefficient (Wildman–Crippen LogP) is 7.48. The quantitative estimate of drug-likeness (QED) is 0.191. The summed E-state index contributed by atoms with van der Waals surface area (Å²) in [5, 5.41) is 9.58. The van der Waals surface area contributed by atoms with Gasteiger partial charge in [-0.3, -0.25) is 0 Å². The van der Waals surface area contributed by atoms with Gasteiger partial charge in [0.1, 0.15) is 12.4 Å². The highest BCUT2D eigenvalue weighted by molar-refractivity contribution is 5.72. The summed E-state index contributed by atoms with van der Waals surface area (Å²) < 4.78 is 11.6. The molecule has 0 saturated heterocycles. The molecule has 1 atom stereocenters. The SMILES string of the molecule is CC(=CCOc1ccc(CC(OCCCc2ccccc2)C(=O)O)cc1)c1ccc(-c2ccccc2)cc1. The Kier molecular flexibility index (Phi) is 9.89. The summed E-state index contributed by atoms with van der Waals surface area (Å²) in [7, 11) is 0. The summed E-state index contributed by atoms with van der Waals surface area (Å²) >= 11 is 0. The highest BCUT2D eigenvalue weighted by Crippen LogP contribution is 2.22. The Bertz CT molecular complexity index is 1290. The van der Waals surface area contributed by atoms with Gasteiger partial charge in [0.05, 0.1) is 0 Å². The van der Waals surface area contributed by atoms with Gasteiger partial charge < -0.3 is 14.6 Å². The first-order valence-electron chi connectivity index (χ1n) is 13.0. The van der Waals surface area contributed by atoms with E-state index in [0.717, 1.165) is 35.3 Å². The number of ether oxygens (including phenoxy) is 2. The number of carbonyl (C=O) groups is 1. The number of hydrogen-bond donors (Lipinski definition) is 1. The molecule has 1 unspecified atom stereocenters. The van der Waals surface area contributed by atoms with Crippen LogP contribution in [-0.2, 0) is 22.4 Å². The van der Waals surface area contributed by atoms with Crippen LogP contribution in [0, 0.1) is 0 Å². The summed E-state index contributed by atoms with van der Waals surface area (Å²) in [6.07, 6.45) is 3.17. The van der Waals surface area contributed by atoms with Crippen molar-refractivity contribution in [3.8, 4) is 16.9 Å². The molecule has 0 heterocycles. The number of benzene rings is 4. The Balaban J connectivity index is 1.23. The molecule has 0 aromatic heterocycles. The number of rotatable bonds is 13. The molecule has 0 amide bonds. The molecular weight excluding hydrogens is 472 g/mol. The van der Waals surface area contributed by atoms with E-state index in [1.807, 2.05) is 60.7 Å². The van der Waals surface area contributed by atoms with Crippen LogP contribution in [0.3, 0.4) is 0 Å². The molecule has 0 radical (unpaired) electrons. The summed E-state index contributed by atoms with van der Waals surface area (Å²) in [6.45, 7) is 2.94. The average Bonchev–Trinajstić information content (AvgIpc) is 2.96. The Labute approximate surface area is 225 Å². The first-order valence-corrected chi connectivity index (χ1v) is 13.0. The normalized spacial score (nSPS) is 12.2. The zero-order valence-electron chi connectivity index (χ0n) is 21.8. The summed E-state index contributed by atoms with van der Waals surface area (Å²) in [4.78, 5) is 11.7. The average molecular weight is 507 g/mol. The van der Waals surface area contributed by atoms with E-state index in [0.29, 0.717) is 19.6 Å². The van der Waals surface area contributed by atoms with E-state index in [4.69, 9.17) is 9.47 Å². The second-order valence-electron chi connectivity index (χ2n) is 9.28. The van der Waals surface area contributed by atoms with Gasteiger partial charge >= 0.3 is 5.97 Å². The molecule has 194 valence electrons. The molecule has 0 saturated carbocycles. The minimum atomic E-state index is -0.942. The summed E-state index contributed by atoms with van der Waals surface area (Å²) in [5.41, 5.74) is 6.84. The maximum Gasteiger partial charge on any atom is 0.333 e. The van der Waals surface area contributed by atoms with Crippen LogP contribution in [0.1, 0.15) is 30.0 Å². The van der Waals surface area contributed by atoms with E-state index in [-0.39, 0.29) is 0 Å².